The van der Waals surface area contributed by atoms with E-state index < -0.39 is 0 Å². The van der Waals surface area contributed by atoms with Crippen molar-refractivity contribution in [3.8, 4) is 0 Å². The Kier molecular flexibility index (Phi) is 7.58. The van der Waals surface area contributed by atoms with E-state index in [9.17, 15) is 4.79 Å². The summed E-state index contributed by atoms with van der Waals surface area (Å²) in [7, 11) is 0. The van der Waals surface area contributed by atoms with Crippen LogP contribution in [0.5, 0.6) is 0 Å². The summed E-state index contributed by atoms with van der Waals surface area (Å²) in [5.41, 5.74) is 27.3. The highest BCUT2D eigenvalue weighted by molar-refractivity contribution is 6.09. The number of nitrogens with one attached hydrogen (secondary N) is 1. The lowest BCUT2D eigenvalue weighted by molar-refractivity contribution is 0.102. The third kappa shape index (κ3) is 6.83. The van der Waals surface area contributed by atoms with Crippen LogP contribution in [-0.4, -0.2) is 5.91 Å². The number of amides is 1. The van der Waals surface area contributed by atoms with Crippen LogP contribution in [0, 0.1) is 0 Å². The van der Waals surface area contributed by atoms with Crippen molar-refractivity contribution >= 4 is 45.7 Å². The van der Waals surface area contributed by atoms with Crippen LogP contribution in [0.4, 0.5) is 39.8 Å². The predicted molar refractivity (Wildman–Crippen MR) is 136 cm³/mol. The van der Waals surface area contributed by atoms with Crippen LogP contribution in [0.15, 0.2) is 107 Å². The maximum atomic E-state index is 11.9. The minimum absolute atomic E-state index is 0.263. The van der Waals surface area contributed by atoms with Crippen molar-refractivity contribution in [3.05, 3.63) is 103 Å². The number of nitrogens with two attached hydrogens (primary N) is 4. The third-order valence-corrected chi connectivity index (χ3v) is 4.48. The van der Waals surface area contributed by atoms with Gasteiger partial charge in [0.15, 0.2) is 0 Å². The molecule has 8 nitrogen and oxygen atoms in total. The van der Waals surface area contributed by atoms with E-state index in [0.717, 1.165) is 17.1 Å². The van der Waals surface area contributed by atoms with Crippen LogP contribution in [0.2, 0.25) is 0 Å². The Labute approximate surface area is 191 Å². The normalized spacial score (nSPS) is 10.3. The Hall–Kier alpha value is -4.85. The fourth-order valence-corrected chi connectivity index (χ4v) is 2.70. The highest BCUT2D eigenvalue weighted by atomic mass is 16.1. The topological polar surface area (TPSA) is 158 Å². The summed E-state index contributed by atoms with van der Waals surface area (Å²) < 4.78 is 0. The fraction of sp³-hybridized carbons (Fsp3) is 0. The van der Waals surface area contributed by atoms with Gasteiger partial charge in [0.2, 0.25) is 0 Å². The number of benzene rings is 4. The van der Waals surface area contributed by atoms with E-state index in [-0.39, 0.29) is 5.91 Å². The molecule has 9 N–H and O–H groups in total. The zero-order valence-electron chi connectivity index (χ0n) is 17.8. The van der Waals surface area contributed by atoms with Crippen LogP contribution in [0.1, 0.15) is 10.4 Å². The molecule has 4 rings (SSSR count). The number of carbonyl (C=O) groups is 1. The van der Waals surface area contributed by atoms with Gasteiger partial charge in [-0.15, -0.1) is 0 Å². The molecule has 1 amide bonds. The van der Waals surface area contributed by atoms with Crippen molar-refractivity contribution in [2.45, 2.75) is 0 Å². The second-order valence-electron chi connectivity index (χ2n) is 7.01. The van der Waals surface area contributed by atoms with E-state index in [1.54, 1.807) is 54.6 Å². The molecule has 0 atom stereocenters. The Bertz CT molecular complexity index is 1170. The number of hydrogen-bond acceptors (Lipinski definition) is 7. The van der Waals surface area contributed by atoms with Crippen LogP contribution in [0.25, 0.3) is 0 Å². The molecule has 0 bridgehead atoms. The van der Waals surface area contributed by atoms with Crippen molar-refractivity contribution in [3.63, 3.8) is 0 Å². The van der Waals surface area contributed by atoms with Crippen LogP contribution < -0.4 is 28.3 Å². The molecule has 33 heavy (non-hydrogen) atoms. The maximum Gasteiger partial charge on any atom is 0.257 e. The third-order valence-electron chi connectivity index (χ3n) is 4.48. The zero-order chi connectivity index (χ0) is 23.6. The number of nitrogens with zero attached hydrogens (tertiary/aromatic N) is 2. The maximum absolute atomic E-state index is 11.9. The van der Waals surface area contributed by atoms with E-state index in [2.05, 4.69) is 15.5 Å². The number of carbonyl (C=O) groups excluding carboxylic acids is 1. The van der Waals surface area contributed by atoms with Crippen LogP contribution in [-0.2, 0) is 0 Å². The molecule has 0 unspecified atom stereocenters. The number of anilines is 5. The Morgan fingerprint density at radius 3 is 1.64 bits per heavy atom. The summed E-state index contributed by atoms with van der Waals surface area (Å²) in [6.45, 7) is 0. The lowest BCUT2D eigenvalue weighted by Gasteiger charge is -2.08. The molecule has 0 spiro atoms. The van der Waals surface area contributed by atoms with Gasteiger partial charge in [-0.3, -0.25) is 4.79 Å². The molecule has 166 valence electrons. The largest absolute Gasteiger partial charge is 0.399 e. The van der Waals surface area contributed by atoms with Crippen molar-refractivity contribution in [1.29, 1.82) is 0 Å². The molecule has 0 saturated heterocycles. The lowest BCUT2D eigenvalue weighted by Crippen LogP contribution is -2.14. The van der Waals surface area contributed by atoms with Gasteiger partial charge in [0, 0.05) is 17.1 Å². The van der Waals surface area contributed by atoms with Crippen molar-refractivity contribution < 1.29 is 4.79 Å². The Morgan fingerprint density at radius 1 is 0.606 bits per heavy atom. The van der Waals surface area contributed by atoms with E-state index in [4.69, 9.17) is 22.9 Å². The van der Waals surface area contributed by atoms with Gasteiger partial charge in [0.25, 0.3) is 5.91 Å². The minimum atomic E-state index is -0.263. The molecular formula is C25H25N7O. The van der Waals surface area contributed by atoms with E-state index in [1.807, 2.05) is 42.5 Å². The first-order valence-electron chi connectivity index (χ1n) is 10.1. The monoisotopic (exact) mass is 439 g/mol. The summed E-state index contributed by atoms with van der Waals surface area (Å²) in [5, 5.41) is 10.9. The Morgan fingerprint density at radius 2 is 1.12 bits per heavy atom. The highest BCUT2D eigenvalue weighted by Gasteiger charge is 2.11. The summed E-state index contributed by atoms with van der Waals surface area (Å²) in [6, 6.07) is 28.6. The zero-order valence-corrected chi connectivity index (χ0v) is 17.8. The van der Waals surface area contributed by atoms with Gasteiger partial charge in [-0.1, -0.05) is 24.3 Å². The molecule has 0 radical (unpaired) electrons. The number of azo groups is 1. The smallest absolute Gasteiger partial charge is 0.257 e. The average Bonchev–Trinajstić information content (AvgIpc) is 2.82. The predicted octanol–water partition coefficient (Wildman–Crippen LogP) is 5.37. The quantitative estimate of drug-likeness (QED) is 0.213. The van der Waals surface area contributed by atoms with E-state index in [0.29, 0.717) is 28.3 Å². The fourth-order valence-electron chi connectivity index (χ4n) is 2.70. The van der Waals surface area contributed by atoms with Crippen molar-refractivity contribution in [2.75, 3.05) is 28.3 Å². The molecule has 0 fully saturated rings. The van der Waals surface area contributed by atoms with Crippen LogP contribution >= 0.6 is 0 Å². The first kappa shape index (κ1) is 22.8. The summed E-state index contributed by atoms with van der Waals surface area (Å²) in [5.74, 6) is -0.263. The van der Waals surface area contributed by atoms with Crippen LogP contribution in [0.3, 0.4) is 0 Å². The molecule has 0 saturated carbocycles. The van der Waals surface area contributed by atoms with Crippen molar-refractivity contribution in [1.82, 2.24) is 0 Å². The molecule has 0 heterocycles. The number of nitrogen functional groups attached to an aromatic ring is 4. The SMILES string of the molecule is Nc1ccc(N=Nc2ccc(N)cc2)cc1.Nc1cccc(C(=O)Nc2ccccc2)c1N. The van der Waals surface area contributed by atoms with Gasteiger partial charge < -0.3 is 28.3 Å². The van der Waals surface area contributed by atoms with Gasteiger partial charge in [-0.2, -0.15) is 10.2 Å². The van der Waals surface area contributed by atoms with E-state index >= 15 is 0 Å². The number of hydrogen-bond donors (Lipinski definition) is 5. The molecule has 0 aromatic heterocycles. The van der Waals surface area contributed by atoms with Gasteiger partial charge in [0.05, 0.1) is 28.3 Å². The van der Waals surface area contributed by atoms with Crippen molar-refractivity contribution in [2.24, 2.45) is 10.2 Å². The highest BCUT2D eigenvalue weighted by Crippen LogP contribution is 2.21. The standard InChI is InChI=1S/C13H13N3O.C12H12N4/c14-11-8-4-7-10(12(11)15)13(17)16-9-5-2-1-3-6-9;13-9-1-5-11(6-2-9)15-16-12-7-3-10(14)4-8-12/h1-8H,14-15H2,(H,16,17);1-8H,13-14H2. The summed E-state index contributed by atoms with van der Waals surface area (Å²) >= 11 is 0. The number of rotatable bonds is 4. The van der Waals surface area contributed by atoms with Gasteiger partial charge in [-0.05, 0) is 72.8 Å². The minimum Gasteiger partial charge on any atom is -0.399 e. The molecule has 0 aliphatic rings. The molecule has 0 aliphatic carbocycles. The first-order valence-corrected chi connectivity index (χ1v) is 10.1. The summed E-state index contributed by atoms with van der Waals surface area (Å²) in [6.07, 6.45) is 0. The molecule has 4 aromatic carbocycles. The summed E-state index contributed by atoms with van der Waals surface area (Å²) in [4.78, 5) is 11.9. The number of para-hydroxylation sites is 2. The molecular weight excluding hydrogens is 414 g/mol. The first-order chi connectivity index (χ1) is 15.9. The second kappa shape index (κ2) is 11.0. The van der Waals surface area contributed by atoms with Gasteiger partial charge in [-0.25, -0.2) is 0 Å². The molecule has 4 aromatic rings. The molecule has 8 heteroatoms. The average molecular weight is 440 g/mol. The van der Waals surface area contributed by atoms with Gasteiger partial charge >= 0.3 is 0 Å². The Balaban J connectivity index is 0.000000186. The molecule has 0 aliphatic heterocycles. The second-order valence-corrected chi connectivity index (χ2v) is 7.01. The van der Waals surface area contributed by atoms with E-state index in [1.165, 1.54) is 0 Å². The lowest BCUT2D eigenvalue weighted by atomic mass is 10.1. The van der Waals surface area contributed by atoms with Gasteiger partial charge in [0.1, 0.15) is 0 Å².